The van der Waals surface area contributed by atoms with Crippen molar-refractivity contribution in [2.24, 2.45) is 5.10 Å². The van der Waals surface area contributed by atoms with E-state index in [2.05, 4.69) is 10.5 Å². The molecule has 0 saturated heterocycles. The van der Waals surface area contributed by atoms with Crippen LogP contribution in [0.2, 0.25) is 0 Å². The molecule has 0 atom stereocenters. The number of nitrogens with zero attached hydrogens (tertiary/aromatic N) is 1. The summed E-state index contributed by atoms with van der Waals surface area (Å²) in [6.45, 7) is 0.239. The largest absolute Gasteiger partial charge is 0.493 e. The molecular formula is C24H21FN2O5. The van der Waals surface area contributed by atoms with Crippen LogP contribution < -0.4 is 14.9 Å². The maximum Gasteiger partial charge on any atom is 0.335 e. The summed E-state index contributed by atoms with van der Waals surface area (Å²) in [5, 5.41) is 12.9. The number of carboxylic acids is 1. The minimum atomic E-state index is -0.983. The fourth-order valence-electron chi connectivity index (χ4n) is 2.79. The summed E-state index contributed by atoms with van der Waals surface area (Å²) in [7, 11) is 1.51. The van der Waals surface area contributed by atoms with Gasteiger partial charge in [-0.1, -0.05) is 24.3 Å². The Labute approximate surface area is 184 Å². The zero-order chi connectivity index (χ0) is 22.9. The van der Waals surface area contributed by atoms with Crippen LogP contribution in [0.1, 0.15) is 27.0 Å². The first-order chi connectivity index (χ1) is 15.4. The summed E-state index contributed by atoms with van der Waals surface area (Å²) < 4.78 is 24.0. The Hall–Kier alpha value is -4.20. The first-order valence-electron chi connectivity index (χ1n) is 9.64. The van der Waals surface area contributed by atoms with Crippen LogP contribution in [0.25, 0.3) is 0 Å². The Morgan fingerprint density at radius 3 is 2.34 bits per heavy atom. The van der Waals surface area contributed by atoms with Crippen LogP contribution in [0.3, 0.4) is 0 Å². The van der Waals surface area contributed by atoms with Crippen LogP contribution in [-0.2, 0) is 17.8 Å². The average molecular weight is 436 g/mol. The minimum Gasteiger partial charge on any atom is -0.493 e. The fourth-order valence-corrected chi connectivity index (χ4v) is 2.79. The quantitative estimate of drug-likeness (QED) is 0.393. The maximum absolute atomic E-state index is 12.9. The molecule has 0 aliphatic rings. The standard InChI is InChI=1S/C24H21FN2O5/c1-31-22-12-18(14-26-27-23(28)13-16-4-9-20(25)10-5-16)6-11-21(22)32-15-17-2-7-19(8-3-17)24(29)30/h2-12,14H,13,15H2,1H3,(H,27,28)(H,29,30)/b26-14+. The van der Waals surface area contributed by atoms with Gasteiger partial charge in [0.1, 0.15) is 12.4 Å². The van der Waals surface area contributed by atoms with E-state index in [-0.39, 0.29) is 30.3 Å². The molecule has 8 heteroatoms. The molecule has 3 rings (SSSR count). The van der Waals surface area contributed by atoms with Gasteiger partial charge < -0.3 is 14.6 Å². The highest BCUT2D eigenvalue weighted by Crippen LogP contribution is 2.28. The number of hydrogen-bond donors (Lipinski definition) is 2. The van der Waals surface area contributed by atoms with E-state index in [9.17, 15) is 14.0 Å². The number of carboxylic acid groups (broad SMARTS) is 1. The van der Waals surface area contributed by atoms with Crippen molar-refractivity contribution in [2.75, 3.05) is 7.11 Å². The van der Waals surface area contributed by atoms with Crippen molar-refractivity contribution in [3.05, 3.63) is 94.8 Å². The molecule has 0 aliphatic carbocycles. The summed E-state index contributed by atoms with van der Waals surface area (Å²) in [4.78, 5) is 22.9. The zero-order valence-electron chi connectivity index (χ0n) is 17.2. The summed E-state index contributed by atoms with van der Waals surface area (Å²) in [6, 6.07) is 17.3. The van der Waals surface area contributed by atoms with Gasteiger partial charge in [-0.3, -0.25) is 4.79 Å². The highest BCUT2D eigenvalue weighted by Gasteiger charge is 2.07. The molecule has 0 fully saturated rings. The lowest BCUT2D eigenvalue weighted by Crippen LogP contribution is -2.19. The molecule has 0 unspecified atom stereocenters. The number of carbonyl (C=O) groups is 2. The van der Waals surface area contributed by atoms with Gasteiger partial charge in [-0.25, -0.2) is 14.6 Å². The van der Waals surface area contributed by atoms with Gasteiger partial charge in [-0.05, 0) is 59.2 Å². The first-order valence-corrected chi connectivity index (χ1v) is 9.64. The number of methoxy groups -OCH3 is 1. The van der Waals surface area contributed by atoms with Gasteiger partial charge in [0.15, 0.2) is 11.5 Å². The number of rotatable bonds is 9. The van der Waals surface area contributed by atoms with Crippen molar-refractivity contribution in [2.45, 2.75) is 13.0 Å². The summed E-state index contributed by atoms with van der Waals surface area (Å²) in [6.07, 6.45) is 1.56. The Balaban J connectivity index is 1.56. The second kappa shape index (κ2) is 10.7. The Bertz CT molecular complexity index is 1110. The van der Waals surface area contributed by atoms with E-state index in [4.69, 9.17) is 14.6 Å². The highest BCUT2D eigenvalue weighted by molar-refractivity contribution is 5.87. The Morgan fingerprint density at radius 1 is 1.00 bits per heavy atom. The molecule has 0 spiro atoms. The molecule has 2 N–H and O–H groups in total. The molecule has 0 radical (unpaired) electrons. The third-order valence-electron chi connectivity index (χ3n) is 4.46. The highest BCUT2D eigenvalue weighted by atomic mass is 19.1. The van der Waals surface area contributed by atoms with Crippen molar-refractivity contribution in [1.82, 2.24) is 5.43 Å². The molecule has 0 heterocycles. The molecule has 7 nitrogen and oxygen atoms in total. The van der Waals surface area contributed by atoms with Crippen molar-refractivity contribution < 1.29 is 28.6 Å². The van der Waals surface area contributed by atoms with E-state index in [1.165, 1.54) is 37.6 Å². The monoisotopic (exact) mass is 436 g/mol. The average Bonchev–Trinajstić information content (AvgIpc) is 2.79. The number of carbonyl (C=O) groups excluding carboxylic acids is 1. The smallest absolute Gasteiger partial charge is 0.335 e. The summed E-state index contributed by atoms with van der Waals surface area (Å²) >= 11 is 0. The van der Waals surface area contributed by atoms with Crippen LogP contribution in [-0.4, -0.2) is 30.3 Å². The maximum atomic E-state index is 12.9. The predicted octanol–water partition coefficient (Wildman–Crippen LogP) is 3.80. The van der Waals surface area contributed by atoms with E-state index in [1.54, 1.807) is 42.5 Å². The molecule has 0 aliphatic heterocycles. The number of hydrogen-bond acceptors (Lipinski definition) is 5. The van der Waals surface area contributed by atoms with Gasteiger partial charge in [-0.2, -0.15) is 5.10 Å². The van der Waals surface area contributed by atoms with Gasteiger partial charge in [0.25, 0.3) is 0 Å². The number of ether oxygens (including phenoxy) is 2. The molecular weight excluding hydrogens is 415 g/mol. The predicted molar refractivity (Wildman–Crippen MR) is 117 cm³/mol. The molecule has 0 bridgehead atoms. The lowest BCUT2D eigenvalue weighted by molar-refractivity contribution is -0.120. The number of amides is 1. The number of nitrogens with one attached hydrogen (secondary N) is 1. The topological polar surface area (TPSA) is 97.2 Å². The van der Waals surface area contributed by atoms with Crippen LogP contribution in [0.5, 0.6) is 11.5 Å². The van der Waals surface area contributed by atoms with Crippen LogP contribution >= 0.6 is 0 Å². The lowest BCUT2D eigenvalue weighted by Gasteiger charge is -2.11. The van der Waals surface area contributed by atoms with E-state index in [1.807, 2.05) is 0 Å². The molecule has 164 valence electrons. The summed E-state index contributed by atoms with van der Waals surface area (Å²) in [5.74, 6) is -0.678. The van der Waals surface area contributed by atoms with E-state index in [0.29, 0.717) is 22.6 Å². The number of aromatic carboxylic acids is 1. The minimum absolute atomic E-state index is 0.0845. The van der Waals surface area contributed by atoms with Crippen molar-refractivity contribution >= 4 is 18.1 Å². The molecule has 3 aromatic carbocycles. The zero-order valence-corrected chi connectivity index (χ0v) is 17.2. The van der Waals surface area contributed by atoms with Crippen molar-refractivity contribution in [1.29, 1.82) is 0 Å². The van der Waals surface area contributed by atoms with E-state index in [0.717, 1.165) is 5.56 Å². The molecule has 0 aromatic heterocycles. The molecule has 3 aromatic rings. The van der Waals surface area contributed by atoms with Gasteiger partial charge in [0.2, 0.25) is 5.91 Å². The van der Waals surface area contributed by atoms with Crippen molar-refractivity contribution in [3.63, 3.8) is 0 Å². The first kappa shape index (κ1) is 22.5. The van der Waals surface area contributed by atoms with E-state index >= 15 is 0 Å². The Morgan fingerprint density at radius 2 is 1.69 bits per heavy atom. The van der Waals surface area contributed by atoms with Crippen LogP contribution in [0.4, 0.5) is 4.39 Å². The SMILES string of the molecule is COc1cc(/C=N/NC(=O)Cc2ccc(F)cc2)ccc1OCc1ccc(C(=O)O)cc1. The van der Waals surface area contributed by atoms with Crippen LogP contribution in [0, 0.1) is 5.82 Å². The van der Waals surface area contributed by atoms with Gasteiger partial charge >= 0.3 is 5.97 Å². The normalized spacial score (nSPS) is 10.7. The number of halogens is 1. The van der Waals surface area contributed by atoms with Gasteiger partial charge in [0.05, 0.1) is 25.3 Å². The lowest BCUT2D eigenvalue weighted by atomic mass is 10.1. The molecule has 32 heavy (non-hydrogen) atoms. The second-order valence-electron chi connectivity index (χ2n) is 6.80. The second-order valence-corrected chi connectivity index (χ2v) is 6.80. The van der Waals surface area contributed by atoms with E-state index < -0.39 is 5.97 Å². The van der Waals surface area contributed by atoms with Crippen LogP contribution in [0.15, 0.2) is 71.8 Å². The molecule has 1 amide bonds. The summed E-state index contributed by atoms with van der Waals surface area (Å²) in [5.41, 5.74) is 4.81. The molecule has 0 saturated carbocycles. The van der Waals surface area contributed by atoms with Gasteiger partial charge in [-0.15, -0.1) is 0 Å². The number of hydrazone groups is 1. The Kier molecular flexibility index (Phi) is 7.53. The number of benzene rings is 3. The third-order valence-corrected chi connectivity index (χ3v) is 4.46. The third kappa shape index (κ3) is 6.40. The van der Waals surface area contributed by atoms with Crippen molar-refractivity contribution in [3.8, 4) is 11.5 Å². The van der Waals surface area contributed by atoms with Gasteiger partial charge in [0, 0.05) is 0 Å². The fraction of sp³-hybridized carbons (Fsp3) is 0.125.